The van der Waals surface area contributed by atoms with Crippen LogP contribution in [0.5, 0.6) is 0 Å². The standard InChI is InChI=1S/C7H7BrN3.C5H5.Fe/c1-5(10-11-9)6-3-2-4-7(6)8;1-2-4-5-3-1;/h2-5H,1H3;1-5H;/q2*-1;+2/t5-;;/m0../s1. The van der Waals surface area contributed by atoms with E-state index < -0.39 is 0 Å². The van der Waals surface area contributed by atoms with E-state index in [1.54, 1.807) is 0 Å². The number of hydrogen-bond acceptors (Lipinski definition) is 1. The topological polar surface area (TPSA) is 48.8 Å². The summed E-state index contributed by atoms with van der Waals surface area (Å²) < 4.78 is 0.998. The summed E-state index contributed by atoms with van der Waals surface area (Å²) in [7, 11) is 0. The molecule has 0 heterocycles. The van der Waals surface area contributed by atoms with E-state index in [0.717, 1.165) is 10.0 Å². The molecule has 3 nitrogen and oxygen atoms in total. The van der Waals surface area contributed by atoms with Crippen molar-refractivity contribution in [3.8, 4) is 0 Å². The number of azide groups is 1. The van der Waals surface area contributed by atoms with Crippen LogP contribution in [0.2, 0.25) is 0 Å². The summed E-state index contributed by atoms with van der Waals surface area (Å²) in [6, 6.07) is 15.7. The van der Waals surface area contributed by atoms with Crippen molar-refractivity contribution < 1.29 is 17.1 Å². The van der Waals surface area contributed by atoms with Gasteiger partial charge in [0.25, 0.3) is 0 Å². The number of halogens is 1. The average molecular weight is 334 g/mol. The van der Waals surface area contributed by atoms with Gasteiger partial charge >= 0.3 is 17.1 Å². The molecule has 0 aromatic heterocycles. The zero-order chi connectivity index (χ0) is 11.8. The second kappa shape index (κ2) is 9.08. The first-order chi connectivity index (χ1) is 7.75. The Morgan fingerprint density at radius 3 is 2.35 bits per heavy atom. The Morgan fingerprint density at radius 2 is 2.00 bits per heavy atom. The van der Waals surface area contributed by atoms with Crippen LogP contribution in [-0.4, -0.2) is 0 Å². The van der Waals surface area contributed by atoms with Crippen LogP contribution in [0.1, 0.15) is 18.5 Å². The molecule has 0 bridgehead atoms. The van der Waals surface area contributed by atoms with Crippen LogP contribution in [0, 0.1) is 0 Å². The van der Waals surface area contributed by atoms with Gasteiger partial charge in [-0.15, -0.1) is 0 Å². The summed E-state index contributed by atoms with van der Waals surface area (Å²) in [6.45, 7) is 1.86. The third-order valence-corrected chi connectivity index (χ3v) is 2.75. The van der Waals surface area contributed by atoms with Gasteiger partial charge in [0.15, 0.2) is 0 Å². The van der Waals surface area contributed by atoms with Gasteiger partial charge < -0.3 is 0 Å². The first-order valence-electron chi connectivity index (χ1n) is 4.87. The summed E-state index contributed by atoms with van der Waals surface area (Å²) in [6.07, 6.45) is 0. The molecule has 0 N–H and O–H groups in total. The van der Waals surface area contributed by atoms with Gasteiger partial charge in [-0.3, -0.25) is 0 Å². The molecule has 2 rings (SSSR count). The van der Waals surface area contributed by atoms with Gasteiger partial charge in [0.1, 0.15) is 0 Å². The molecule has 1 atom stereocenters. The molecule has 0 aliphatic rings. The molecule has 0 fully saturated rings. The number of rotatable bonds is 2. The third kappa shape index (κ3) is 5.76. The average Bonchev–Trinajstić information content (AvgIpc) is 2.90. The van der Waals surface area contributed by atoms with Gasteiger partial charge in [0.05, 0.1) is 0 Å². The van der Waals surface area contributed by atoms with Gasteiger partial charge in [0.2, 0.25) is 0 Å². The summed E-state index contributed by atoms with van der Waals surface area (Å²) in [5.41, 5.74) is 9.20. The summed E-state index contributed by atoms with van der Waals surface area (Å²) in [5.74, 6) is 0. The summed E-state index contributed by atoms with van der Waals surface area (Å²) in [5, 5.41) is 3.58. The van der Waals surface area contributed by atoms with Crippen LogP contribution in [0.3, 0.4) is 0 Å². The van der Waals surface area contributed by atoms with Gasteiger partial charge in [-0.05, 0) is 5.53 Å². The molecule has 2 aromatic rings. The third-order valence-electron chi connectivity index (χ3n) is 2.02. The predicted octanol–water partition coefficient (Wildman–Crippen LogP) is 4.94. The van der Waals surface area contributed by atoms with E-state index in [-0.39, 0.29) is 23.1 Å². The van der Waals surface area contributed by atoms with Crippen molar-refractivity contribution in [3.63, 3.8) is 0 Å². The summed E-state index contributed by atoms with van der Waals surface area (Å²) in [4.78, 5) is 2.74. The normalized spacial score (nSPS) is 10.2. The van der Waals surface area contributed by atoms with Crippen molar-refractivity contribution in [1.82, 2.24) is 0 Å². The molecule has 0 amide bonds. The minimum absolute atomic E-state index is 0. The fraction of sp³-hybridized carbons (Fsp3) is 0.167. The minimum Gasteiger partial charge on any atom is -0.214 e. The number of hydrogen-bond donors (Lipinski definition) is 0. The van der Waals surface area contributed by atoms with Crippen LogP contribution in [-0.2, 0) is 17.1 Å². The second-order valence-corrected chi connectivity index (χ2v) is 4.03. The molecule has 90 valence electrons. The molecule has 0 saturated heterocycles. The van der Waals surface area contributed by atoms with Crippen molar-refractivity contribution in [1.29, 1.82) is 0 Å². The maximum absolute atomic E-state index is 8.17. The van der Waals surface area contributed by atoms with Gasteiger partial charge in [-0.25, -0.2) is 18.2 Å². The van der Waals surface area contributed by atoms with Gasteiger partial charge in [-0.2, -0.15) is 35.9 Å². The van der Waals surface area contributed by atoms with E-state index in [9.17, 15) is 0 Å². The molecule has 0 aliphatic heterocycles. The Morgan fingerprint density at radius 1 is 1.35 bits per heavy atom. The van der Waals surface area contributed by atoms with Crippen LogP contribution in [0.15, 0.2) is 58.1 Å². The van der Waals surface area contributed by atoms with E-state index in [0.29, 0.717) is 0 Å². The second-order valence-electron chi connectivity index (χ2n) is 3.17. The van der Waals surface area contributed by atoms with Crippen LogP contribution in [0.25, 0.3) is 10.4 Å². The Labute approximate surface area is 120 Å². The van der Waals surface area contributed by atoms with Crippen molar-refractivity contribution in [2.45, 2.75) is 13.0 Å². The van der Waals surface area contributed by atoms with Crippen LogP contribution >= 0.6 is 15.9 Å². The van der Waals surface area contributed by atoms with E-state index >= 15 is 0 Å². The van der Waals surface area contributed by atoms with Crippen molar-refractivity contribution in [2.75, 3.05) is 0 Å². The van der Waals surface area contributed by atoms with Gasteiger partial charge in [-0.1, -0.05) is 32.4 Å². The fourth-order valence-corrected chi connectivity index (χ4v) is 1.83. The summed E-state index contributed by atoms with van der Waals surface area (Å²) >= 11 is 3.35. The van der Waals surface area contributed by atoms with Crippen LogP contribution < -0.4 is 0 Å². The molecule has 0 saturated carbocycles. The van der Waals surface area contributed by atoms with E-state index in [4.69, 9.17) is 5.53 Å². The fourth-order valence-electron chi connectivity index (χ4n) is 1.21. The quantitative estimate of drug-likeness (QED) is 0.246. The Bertz CT molecular complexity index is 427. The first kappa shape index (κ1) is 16.0. The van der Waals surface area contributed by atoms with E-state index in [2.05, 4.69) is 26.0 Å². The minimum atomic E-state index is -0.0932. The predicted molar refractivity (Wildman–Crippen MR) is 69.3 cm³/mol. The SMILES string of the molecule is C[C@H](N=[N+]=[N-])c1cc[cH-]c1Br.[Fe+2].c1cc[cH-]c1. The Kier molecular flexibility index (Phi) is 8.55. The molecular formula is C12H12BrFeN3. The molecule has 2 aromatic carbocycles. The maximum atomic E-state index is 8.17. The Balaban J connectivity index is 0.000000360. The zero-order valence-corrected chi connectivity index (χ0v) is 12.0. The van der Waals surface area contributed by atoms with Crippen molar-refractivity contribution in [2.24, 2.45) is 5.11 Å². The van der Waals surface area contributed by atoms with Crippen LogP contribution in [0.4, 0.5) is 0 Å². The molecule has 17 heavy (non-hydrogen) atoms. The smallest absolute Gasteiger partial charge is 0.214 e. The molecule has 0 spiro atoms. The molecule has 5 heteroatoms. The van der Waals surface area contributed by atoms with Crippen molar-refractivity contribution in [3.05, 3.63) is 69.0 Å². The molecule has 0 unspecified atom stereocenters. The van der Waals surface area contributed by atoms with E-state index in [1.165, 1.54) is 0 Å². The maximum Gasteiger partial charge on any atom is 2.00 e. The zero-order valence-electron chi connectivity index (χ0n) is 9.27. The monoisotopic (exact) mass is 333 g/mol. The van der Waals surface area contributed by atoms with Gasteiger partial charge in [0, 0.05) is 11.0 Å². The Hall–Kier alpha value is -0.991. The largest absolute Gasteiger partial charge is 2.00 e. The first-order valence-corrected chi connectivity index (χ1v) is 5.67. The number of nitrogens with zero attached hydrogens (tertiary/aromatic N) is 3. The molecule has 0 radical (unpaired) electrons. The molecular weight excluding hydrogens is 322 g/mol. The van der Waals surface area contributed by atoms with Crippen molar-refractivity contribution >= 4 is 15.9 Å². The van der Waals surface area contributed by atoms with E-state index in [1.807, 2.05) is 55.5 Å². The molecule has 0 aliphatic carbocycles.